The molecule has 1 aromatic rings. The van der Waals surface area contributed by atoms with Crippen LogP contribution in [0.15, 0.2) is 6.20 Å². The van der Waals surface area contributed by atoms with Crippen LogP contribution in [0.4, 0.5) is 13.2 Å². The number of nitrogens with zero attached hydrogens (tertiary/aromatic N) is 1. The van der Waals surface area contributed by atoms with E-state index in [9.17, 15) is 13.2 Å². The number of nitrogens with one attached hydrogen (secondary N) is 1. The quantitative estimate of drug-likeness (QED) is 0.924. The van der Waals surface area contributed by atoms with Gasteiger partial charge >= 0.3 is 6.18 Å². The normalized spacial score (nSPS) is 22.4. The van der Waals surface area contributed by atoms with Crippen molar-refractivity contribution < 1.29 is 17.9 Å². The molecule has 0 spiro atoms. The molecule has 0 aromatic carbocycles. The molecule has 19 heavy (non-hydrogen) atoms. The zero-order valence-corrected chi connectivity index (χ0v) is 11.5. The highest BCUT2D eigenvalue weighted by Crippen LogP contribution is 2.35. The van der Waals surface area contributed by atoms with Crippen LogP contribution in [0, 0.1) is 0 Å². The topological polar surface area (TPSA) is 34.1 Å². The number of rotatable bonds is 4. The zero-order chi connectivity index (χ0) is 13.9. The smallest absolute Gasteiger partial charge is 0.378 e. The van der Waals surface area contributed by atoms with Crippen LogP contribution >= 0.6 is 11.3 Å². The minimum atomic E-state index is -4.36. The van der Waals surface area contributed by atoms with Gasteiger partial charge in [0.15, 0.2) is 5.01 Å². The van der Waals surface area contributed by atoms with Crippen molar-refractivity contribution in [3.05, 3.63) is 16.1 Å². The van der Waals surface area contributed by atoms with Gasteiger partial charge in [-0.15, -0.1) is 11.3 Å². The van der Waals surface area contributed by atoms with Crippen molar-refractivity contribution in [3.63, 3.8) is 0 Å². The monoisotopic (exact) mass is 294 g/mol. The fraction of sp³-hybridized carbons (Fsp3) is 0.750. The number of aromatic nitrogens is 1. The lowest BCUT2D eigenvalue weighted by molar-refractivity contribution is -0.137. The van der Waals surface area contributed by atoms with Gasteiger partial charge < -0.3 is 10.1 Å². The van der Waals surface area contributed by atoms with Crippen molar-refractivity contribution in [2.45, 2.75) is 44.0 Å². The van der Waals surface area contributed by atoms with Gasteiger partial charge in [-0.05, 0) is 32.7 Å². The molecule has 2 unspecified atom stereocenters. The summed E-state index contributed by atoms with van der Waals surface area (Å²) in [7, 11) is 1.75. The van der Waals surface area contributed by atoms with E-state index < -0.39 is 11.2 Å². The number of hydrogen-bond acceptors (Lipinski definition) is 4. The Morgan fingerprint density at radius 3 is 2.84 bits per heavy atom. The summed E-state index contributed by atoms with van der Waals surface area (Å²) >= 11 is 0.707. The van der Waals surface area contributed by atoms with Crippen molar-refractivity contribution in [2.75, 3.05) is 13.7 Å². The molecule has 1 aromatic heterocycles. The van der Waals surface area contributed by atoms with Crippen molar-refractivity contribution >= 4 is 11.3 Å². The Morgan fingerprint density at radius 2 is 2.32 bits per heavy atom. The van der Waals surface area contributed by atoms with E-state index >= 15 is 0 Å². The third-order valence-corrected chi connectivity index (χ3v) is 4.39. The van der Waals surface area contributed by atoms with E-state index in [1.165, 1.54) is 6.20 Å². The molecule has 3 nitrogen and oxygen atoms in total. The molecule has 2 heterocycles. The first-order valence-electron chi connectivity index (χ1n) is 6.32. The molecule has 108 valence electrons. The van der Waals surface area contributed by atoms with Gasteiger partial charge in [-0.25, -0.2) is 4.98 Å². The average molecular weight is 294 g/mol. The van der Waals surface area contributed by atoms with Crippen LogP contribution < -0.4 is 5.32 Å². The Morgan fingerprint density at radius 1 is 1.53 bits per heavy atom. The van der Waals surface area contributed by atoms with Crippen LogP contribution in [-0.4, -0.2) is 24.7 Å². The highest BCUT2D eigenvalue weighted by Gasteiger charge is 2.35. The fourth-order valence-electron chi connectivity index (χ4n) is 2.21. The van der Waals surface area contributed by atoms with Crippen LogP contribution in [0.3, 0.4) is 0 Å². The third kappa shape index (κ3) is 3.90. The molecule has 7 heteroatoms. The maximum absolute atomic E-state index is 12.5. The van der Waals surface area contributed by atoms with E-state index in [0.717, 1.165) is 25.9 Å². The molecule has 0 radical (unpaired) electrons. The Kier molecular flexibility index (Phi) is 4.81. The van der Waals surface area contributed by atoms with Crippen LogP contribution in [0.2, 0.25) is 0 Å². The molecular formula is C12H17F3N2OS. The number of alkyl halides is 3. The van der Waals surface area contributed by atoms with Gasteiger partial charge in [0.2, 0.25) is 0 Å². The summed E-state index contributed by atoms with van der Waals surface area (Å²) in [4.78, 5) is 4.08. The lowest BCUT2D eigenvalue weighted by Crippen LogP contribution is -2.26. The molecule has 1 aliphatic heterocycles. The Bertz CT molecular complexity index is 402. The lowest BCUT2D eigenvalue weighted by atomic mass is 10.0. The van der Waals surface area contributed by atoms with Crippen LogP contribution in [0.25, 0.3) is 0 Å². The first kappa shape index (κ1) is 14.7. The minimum Gasteiger partial charge on any atom is -0.378 e. The largest absolute Gasteiger partial charge is 0.443 e. The second kappa shape index (κ2) is 6.19. The molecular weight excluding hydrogens is 277 g/mol. The summed E-state index contributed by atoms with van der Waals surface area (Å²) in [5, 5.41) is 2.27. The summed E-state index contributed by atoms with van der Waals surface area (Å²) in [5.41, 5.74) is 0. The standard InChI is InChI=1S/C12H17F3N2OS/c1-16-9(6-8-4-2-3-5-18-8)10-7-17-11(19-10)12(13,14)15/h7-9,16H,2-6H2,1H3. The van der Waals surface area contributed by atoms with Crippen molar-refractivity contribution in [2.24, 2.45) is 0 Å². The van der Waals surface area contributed by atoms with Gasteiger partial charge in [0.25, 0.3) is 0 Å². The average Bonchev–Trinajstić information content (AvgIpc) is 2.86. The van der Waals surface area contributed by atoms with E-state index in [1.807, 2.05) is 0 Å². The maximum Gasteiger partial charge on any atom is 0.443 e. The summed E-state index contributed by atoms with van der Waals surface area (Å²) in [5.74, 6) is 0. The van der Waals surface area contributed by atoms with E-state index in [-0.39, 0.29) is 12.1 Å². The summed E-state index contributed by atoms with van der Waals surface area (Å²) < 4.78 is 43.2. The maximum atomic E-state index is 12.5. The SMILES string of the molecule is CNC(CC1CCCCO1)c1cnc(C(F)(F)F)s1. The summed E-state index contributed by atoms with van der Waals surface area (Å²) in [6, 6.07) is -0.128. The predicted molar refractivity (Wildman–Crippen MR) is 67.1 cm³/mol. The Balaban J connectivity index is 2.02. The minimum absolute atomic E-state index is 0.127. The van der Waals surface area contributed by atoms with Crippen LogP contribution in [-0.2, 0) is 10.9 Å². The predicted octanol–water partition coefficient (Wildman–Crippen LogP) is 3.38. The van der Waals surface area contributed by atoms with E-state index in [0.29, 0.717) is 22.6 Å². The molecule has 2 atom stereocenters. The van der Waals surface area contributed by atoms with Gasteiger partial charge in [0, 0.05) is 23.7 Å². The van der Waals surface area contributed by atoms with Gasteiger partial charge in [-0.1, -0.05) is 0 Å². The van der Waals surface area contributed by atoms with E-state index in [1.54, 1.807) is 7.05 Å². The Hall–Kier alpha value is -0.660. The number of hydrogen-bond donors (Lipinski definition) is 1. The molecule has 2 rings (SSSR count). The van der Waals surface area contributed by atoms with Crippen molar-refractivity contribution in [1.82, 2.24) is 10.3 Å². The van der Waals surface area contributed by atoms with Gasteiger partial charge in [-0.2, -0.15) is 13.2 Å². The molecule has 0 saturated carbocycles. The van der Waals surface area contributed by atoms with Gasteiger partial charge in [0.05, 0.1) is 6.10 Å². The highest BCUT2D eigenvalue weighted by atomic mass is 32.1. The fourth-order valence-corrected chi connectivity index (χ4v) is 3.12. The van der Waals surface area contributed by atoms with Crippen molar-refractivity contribution in [3.8, 4) is 0 Å². The lowest BCUT2D eigenvalue weighted by Gasteiger charge is -2.26. The second-order valence-electron chi connectivity index (χ2n) is 4.63. The van der Waals surface area contributed by atoms with Gasteiger partial charge in [0.1, 0.15) is 0 Å². The number of thiazole rings is 1. The molecule has 0 aliphatic carbocycles. The molecule has 1 aliphatic rings. The number of halogens is 3. The van der Waals surface area contributed by atoms with Gasteiger partial charge in [-0.3, -0.25) is 0 Å². The van der Waals surface area contributed by atoms with Crippen LogP contribution in [0.5, 0.6) is 0 Å². The van der Waals surface area contributed by atoms with E-state index in [4.69, 9.17) is 4.74 Å². The molecule has 1 saturated heterocycles. The second-order valence-corrected chi connectivity index (χ2v) is 5.69. The molecule has 0 amide bonds. The molecule has 1 N–H and O–H groups in total. The third-order valence-electron chi connectivity index (χ3n) is 3.23. The highest BCUT2D eigenvalue weighted by molar-refractivity contribution is 7.11. The molecule has 1 fully saturated rings. The zero-order valence-electron chi connectivity index (χ0n) is 10.7. The van der Waals surface area contributed by atoms with E-state index in [2.05, 4.69) is 10.3 Å². The first-order valence-corrected chi connectivity index (χ1v) is 7.14. The Labute approximate surface area is 114 Å². The summed E-state index contributed by atoms with van der Waals surface area (Å²) in [6.45, 7) is 0.748. The number of ether oxygens (including phenoxy) is 1. The first-order chi connectivity index (χ1) is 9.00. The van der Waals surface area contributed by atoms with Crippen molar-refractivity contribution in [1.29, 1.82) is 0 Å². The summed E-state index contributed by atoms with van der Waals surface area (Å²) in [6.07, 6.45) is 0.943. The van der Waals surface area contributed by atoms with Crippen LogP contribution in [0.1, 0.15) is 41.6 Å². The molecule has 0 bridgehead atoms.